The van der Waals surface area contributed by atoms with Crippen molar-refractivity contribution < 1.29 is 10.8 Å². The summed E-state index contributed by atoms with van der Waals surface area (Å²) in [6.07, 6.45) is 8.43. The second kappa shape index (κ2) is 42.7. The van der Waals surface area contributed by atoms with Crippen LogP contribution in [0.1, 0.15) is 46.0 Å². The lowest BCUT2D eigenvalue weighted by Gasteiger charge is -1.95. The number of rotatable bonds is 9. The van der Waals surface area contributed by atoms with E-state index < -0.39 is 0 Å². The molecule has 0 aliphatic carbocycles. The minimum atomic E-state index is 0.684. The Bertz CT molecular complexity index is 120. The molecule has 0 spiro atoms. The van der Waals surface area contributed by atoms with Crippen molar-refractivity contribution in [2.24, 2.45) is 5.73 Å². The van der Waals surface area contributed by atoms with E-state index in [2.05, 4.69) is 38.8 Å². The monoisotopic (exact) mass is 327 g/mol. The van der Waals surface area contributed by atoms with E-state index in [4.69, 9.17) is 10.8 Å². The second-order valence-corrected chi connectivity index (χ2v) is 5.43. The van der Waals surface area contributed by atoms with Gasteiger partial charge in [-0.05, 0) is 18.6 Å². The molecule has 0 unspecified atom stereocenters. The summed E-state index contributed by atoms with van der Waals surface area (Å²) < 4.78 is 0. The number of hydrogen-bond donors (Lipinski definition) is 4. The zero-order chi connectivity index (χ0) is 16.5. The van der Waals surface area contributed by atoms with Gasteiger partial charge in [0.15, 0.2) is 0 Å². The molecule has 0 aromatic carbocycles. The molecule has 0 saturated heterocycles. The van der Waals surface area contributed by atoms with Gasteiger partial charge in [-0.15, -0.1) is 6.58 Å². The number of aliphatic hydroxyl groups excluding tert-OH is 1. The SMILES string of the molecule is C=CCCC.CCCCCSCC[NH3+].CO.NCCS. The first kappa shape index (κ1) is 28.5. The van der Waals surface area contributed by atoms with Crippen LogP contribution in [0.3, 0.4) is 0 Å². The van der Waals surface area contributed by atoms with Crippen LogP contribution in [0.25, 0.3) is 0 Å². The smallest absolute Gasteiger partial charge is 0.0831 e. The molecule has 0 amide bonds. The predicted molar refractivity (Wildman–Crippen MR) is 101 cm³/mol. The van der Waals surface area contributed by atoms with Gasteiger partial charge in [-0.3, -0.25) is 0 Å². The maximum absolute atomic E-state index is 7.00. The fourth-order valence-corrected chi connectivity index (χ4v) is 1.68. The first-order chi connectivity index (χ1) is 9.74. The van der Waals surface area contributed by atoms with E-state index in [0.717, 1.165) is 25.8 Å². The number of aliphatic hydroxyl groups is 1. The van der Waals surface area contributed by atoms with Crippen LogP contribution in [0, 0.1) is 0 Å². The number of hydrogen-bond acceptors (Lipinski definition) is 4. The minimum Gasteiger partial charge on any atom is -0.400 e. The molecule has 0 bridgehead atoms. The Hall–Kier alpha value is 0.320. The van der Waals surface area contributed by atoms with Crippen LogP contribution < -0.4 is 11.5 Å². The standard InChI is InChI=1S/C7H17NS.C5H10.C2H7NS.CH4O/c1-2-3-4-6-9-7-5-8;1-3-5-4-2;3-1-2-4;1-2/h2-8H2,1H3;3H,1,4-5H2,2H3;4H,1-3H2;2H,1H3/p+1. The van der Waals surface area contributed by atoms with Gasteiger partial charge < -0.3 is 16.6 Å². The average molecular weight is 328 g/mol. The first-order valence-corrected chi connectivity index (χ1v) is 9.27. The molecule has 0 aromatic heterocycles. The topological polar surface area (TPSA) is 73.9 Å². The third kappa shape index (κ3) is 63.3. The van der Waals surface area contributed by atoms with Gasteiger partial charge >= 0.3 is 0 Å². The number of quaternary nitrogens is 1. The molecular formula is C15H39N2OS2+. The maximum atomic E-state index is 7.00. The number of nitrogens with two attached hydrogens (primary N) is 1. The van der Waals surface area contributed by atoms with Crippen molar-refractivity contribution in [3.8, 4) is 0 Å². The van der Waals surface area contributed by atoms with E-state index >= 15 is 0 Å². The highest BCUT2D eigenvalue weighted by atomic mass is 32.2. The van der Waals surface area contributed by atoms with Crippen LogP contribution in [0.15, 0.2) is 12.7 Å². The Morgan fingerprint density at radius 3 is 2.00 bits per heavy atom. The summed E-state index contributed by atoms with van der Waals surface area (Å²) in [5.41, 5.74) is 8.73. The van der Waals surface area contributed by atoms with Crippen molar-refractivity contribution in [3.05, 3.63) is 12.7 Å². The van der Waals surface area contributed by atoms with E-state index in [1.54, 1.807) is 0 Å². The molecule has 0 radical (unpaired) electrons. The molecule has 6 N–H and O–H groups in total. The summed E-state index contributed by atoms with van der Waals surface area (Å²) in [7, 11) is 1.00. The molecule has 20 heavy (non-hydrogen) atoms. The summed E-state index contributed by atoms with van der Waals surface area (Å²) in [5.74, 6) is 3.37. The van der Waals surface area contributed by atoms with Crippen molar-refractivity contribution in [1.82, 2.24) is 0 Å². The second-order valence-electron chi connectivity index (χ2n) is 3.76. The Balaban J connectivity index is -0.0000000990. The highest BCUT2D eigenvalue weighted by Gasteiger charge is 1.87. The van der Waals surface area contributed by atoms with Crippen molar-refractivity contribution in [2.75, 3.05) is 37.5 Å². The quantitative estimate of drug-likeness (QED) is 0.299. The van der Waals surface area contributed by atoms with Crippen LogP contribution in [-0.4, -0.2) is 42.6 Å². The highest BCUT2D eigenvalue weighted by Crippen LogP contribution is 2.03. The molecule has 0 atom stereocenters. The zero-order valence-corrected chi connectivity index (χ0v) is 15.7. The molecular weight excluding hydrogens is 288 g/mol. The third-order valence-electron chi connectivity index (χ3n) is 1.80. The van der Waals surface area contributed by atoms with E-state index in [9.17, 15) is 0 Å². The van der Waals surface area contributed by atoms with Gasteiger partial charge in [0.05, 0.1) is 6.54 Å². The number of allylic oxidation sites excluding steroid dienone is 1. The summed E-state index contributed by atoms with van der Waals surface area (Å²) in [6.45, 7) is 9.70. The molecule has 0 aromatic rings. The molecule has 0 saturated carbocycles. The van der Waals surface area contributed by atoms with Crippen LogP contribution in [-0.2, 0) is 0 Å². The van der Waals surface area contributed by atoms with Gasteiger partial charge in [-0.2, -0.15) is 24.4 Å². The van der Waals surface area contributed by atoms with E-state index in [0.29, 0.717) is 6.54 Å². The average Bonchev–Trinajstić information content (AvgIpc) is 2.51. The fraction of sp³-hybridized carbons (Fsp3) is 0.867. The Morgan fingerprint density at radius 2 is 1.75 bits per heavy atom. The summed E-state index contributed by atoms with van der Waals surface area (Å²) in [4.78, 5) is 0. The summed E-state index contributed by atoms with van der Waals surface area (Å²) >= 11 is 5.83. The Labute approximate surface area is 137 Å². The maximum Gasteiger partial charge on any atom is 0.0831 e. The van der Waals surface area contributed by atoms with Crippen LogP contribution >= 0.6 is 24.4 Å². The van der Waals surface area contributed by atoms with Gasteiger partial charge in [-0.1, -0.05) is 39.2 Å². The van der Waals surface area contributed by atoms with Gasteiger partial charge in [-0.25, -0.2) is 0 Å². The zero-order valence-electron chi connectivity index (χ0n) is 13.9. The van der Waals surface area contributed by atoms with Gasteiger partial charge in [0, 0.05) is 25.2 Å². The molecule has 3 nitrogen and oxygen atoms in total. The summed E-state index contributed by atoms with van der Waals surface area (Å²) in [5, 5.41) is 7.00. The van der Waals surface area contributed by atoms with E-state index in [1.807, 2.05) is 17.8 Å². The van der Waals surface area contributed by atoms with Crippen LogP contribution in [0.5, 0.6) is 0 Å². The Kier molecular flexibility index (Phi) is 60.8. The third-order valence-corrected chi connectivity index (χ3v) is 3.22. The Morgan fingerprint density at radius 1 is 1.20 bits per heavy atom. The molecule has 0 fully saturated rings. The largest absolute Gasteiger partial charge is 0.400 e. The number of thioether (sulfide) groups is 1. The lowest BCUT2D eigenvalue weighted by Crippen LogP contribution is -2.51. The number of unbranched alkanes of at least 4 members (excludes halogenated alkanes) is 3. The molecule has 5 heteroatoms. The molecule has 126 valence electrons. The molecule has 0 aliphatic rings. The lowest BCUT2D eigenvalue weighted by atomic mass is 10.3. The predicted octanol–water partition coefficient (Wildman–Crippen LogP) is 2.61. The van der Waals surface area contributed by atoms with E-state index in [1.165, 1.54) is 37.2 Å². The first-order valence-electron chi connectivity index (χ1n) is 7.48. The van der Waals surface area contributed by atoms with Crippen molar-refractivity contribution in [3.63, 3.8) is 0 Å². The van der Waals surface area contributed by atoms with Gasteiger partial charge in [0.2, 0.25) is 0 Å². The van der Waals surface area contributed by atoms with Gasteiger partial charge in [0.1, 0.15) is 0 Å². The highest BCUT2D eigenvalue weighted by molar-refractivity contribution is 7.99. The minimum absolute atomic E-state index is 0.684. The van der Waals surface area contributed by atoms with Crippen molar-refractivity contribution >= 4 is 24.4 Å². The van der Waals surface area contributed by atoms with E-state index in [-0.39, 0.29) is 0 Å². The van der Waals surface area contributed by atoms with Crippen molar-refractivity contribution in [1.29, 1.82) is 0 Å². The normalized spacial score (nSPS) is 8.15. The molecule has 0 aliphatic heterocycles. The van der Waals surface area contributed by atoms with Crippen LogP contribution in [0.2, 0.25) is 0 Å². The lowest BCUT2D eigenvalue weighted by molar-refractivity contribution is -0.360. The van der Waals surface area contributed by atoms with Crippen molar-refractivity contribution in [2.45, 2.75) is 46.0 Å². The summed E-state index contributed by atoms with van der Waals surface area (Å²) in [6, 6.07) is 0. The fourth-order valence-electron chi connectivity index (χ4n) is 0.862. The molecule has 0 heterocycles. The van der Waals surface area contributed by atoms with Gasteiger partial charge in [0.25, 0.3) is 0 Å². The van der Waals surface area contributed by atoms with Crippen LogP contribution in [0.4, 0.5) is 0 Å². The number of thiol groups is 1. The molecule has 0 rings (SSSR count).